The summed E-state index contributed by atoms with van der Waals surface area (Å²) in [4.78, 5) is 30.4. The molecule has 6 nitrogen and oxygen atoms in total. The molecule has 0 radical (unpaired) electrons. The molecule has 0 aliphatic rings. The number of ketones is 1. The van der Waals surface area contributed by atoms with Crippen LogP contribution in [0.2, 0.25) is 0 Å². The van der Waals surface area contributed by atoms with Crippen molar-refractivity contribution >= 4 is 23.8 Å². The second-order valence-corrected chi connectivity index (χ2v) is 5.44. The quantitative estimate of drug-likeness (QED) is 0.500. The van der Waals surface area contributed by atoms with Gasteiger partial charge in [-0.3, -0.25) is 4.79 Å². The standard InChI is InChI=1S/C8H8.C7H12O2.C5H8O3.C4H6O/c1-2-8-6-4-3-5-7-8;1-4-5-9-7(8)6(2)3;1-2-5(7)8-4-3-6;1-3-4(2)5/h2-7H,1H2;2,4-5H2,1,3H3;2,6H,1,3-4H2;3H,1H2,2H3. The average molecular weight is 419 g/mol. The molecule has 1 aromatic rings. The fourth-order valence-electron chi connectivity index (χ4n) is 1.11. The number of carbonyl (C=O) groups is 3. The van der Waals surface area contributed by atoms with E-state index in [2.05, 4.69) is 31.1 Å². The van der Waals surface area contributed by atoms with E-state index in [0.29, 0.717) is 12.2 Å². The van der Waals surface area contributed by atoms with Crippen LogP contribution in [0, 0.1) is 0 Å². The molecule has 0 aliphatic heterocycles. The van der Waals surface area contributed by atoms with E-state index >= 15 is 0 Å². The molecule has 30 heavy (non-hydrogen) atoms. The highest BCUT2D eigenvalue weighted by atomic mass is 16.5. The lowest BCUT2D eigenvalue weighted by Crippen LogP contribution is -2.04. The number of hydrogen-bond acceptors (Lipinski definition) is 6. The van der Waals surface area contributed by atoms with Gasteiger partial charge in [0.05, 0.1) is 13.2 Å². The Morgan fingerprint density at radius 2 is 1.50 bits per heavy atom. The van der Waals surface area contributed by atoms with Crippen LogP contribution in [-0.2, 0) is 23.9 Å². The van der Waals surface area contributed by atoms with Crippen LogP contribution in [-0.4, -0.2) is 42.6 Å². The molecule has 166 valence electrons. The van der Waals surface area contributed by atoms with E-state index in [1.165, 1.54) is 18.6 Å². The predicted molar refractivity (Wildman–Crippen MR) is 122 cm³/mol. The van der Waals surface area contributed by atoms with Gasteiger partial charge in [-0.2, -0.15) is 0 Å². The van der Waals surface area contributed by atoms with Crippen molar-refractivity contribution in [3.8, 4) is 0 Å². The van der Waals surface area contributed by atoms with E-state index in [-0.39, 0.29) is 25.0 Å². The Bertz CT molecular complexity index is 647. The number of aliphatic hydroxyl groups is 1. The summed E-state index contributed by atoms with van der Waals surface area (Å²) in [5.41, 5.74) is 1.64. The Balaban J connectivity index is -0.000000330. The van der Waals surface area contributed by atoms with Crippen molar-refractivity contribution in [3.05, 3.63) is 79.9 Å². The van der Waals surface area contributed by atoms with Gasteiger partial charge in [0.2, 0.25) is 0 Å². The highest BCUT2D eigenvalue weighted by Crippen LogP contribution is 1.97. The summed E-state index contributed by atoms with van der Waals surface area (Å²) in [5.74, 6) is -0.777. The summed E-state index contributed by atoms with van der Waals surface area (Å²) in [7, 11) is 0. The van der Waals surface area contributed by atoms with Gasteiger partial charge in [0.25, 0.3) is 0 Å². The molecule has 0 bridgehead atoms. The first-order valence-electron chi connectivity index (χ1n) is 9.23. The van der Waals surface area contributed by atoms with Crippen molar-refractivity contribution in [1.29, 1.82) is 0 Å². The van der Waals surface area contributed by atoms with Gasteiger partial charge in [-0.15, -0.1) is 0 Å². The van der Waals surface area contributed by atoms with Gasteiger partial charge in [-0.1, -0.05) is 69.6 Å². The Hall–Kier alpha value is -3.25. The predicted octanol–water partition coefficient (Wildman–Crippen LogP) is 4.31. The molecule has 0 saturated carbocycles. The average Bonchev–Trinajstić information content (AvgIpc) is 2.77. The van der Waals surface area contributed by atoms with Gasteiger partial charge in [0, 0.05) is 11.6 Å². The van der Waals surface area contributed by atoms with E-state index in [4.69, 9.17) is 9.84 Å². The maximum atomic E-state index is 10.6. The molecule has 0 heterocycles. The number of allylic oxidation sites excluding steroid dienone is 1. The highest BCUT2D eigenvalue weighted by Gasteiger charge is 1.99. The number of esters is 2. The zero-order chi connectivity index (χ0) is 23.8. The maximum absolute atomic E-state index is 10.6. The molecule has 6 heteroatoms. The molecule has 1 N–H and O–H groups in total. The van der Waals surface area contributed by atoms with E-state index in [1.807, 2.05) is 43.3 Å². The van der Waals surface area contributed by atoms with Crippen LogP contribution in [0.25, 0.3) is 6.08 Å². The normalized spacial score (nSPS) is 8.13. The second kappa shape index (κ2) is 23.8. The van der Waals surface area contributed by atoms with Crippen LogP contribution >= 0.6 is 0 Å². The number of ether oxygens (including phenoxy) is 2. The zero-order valence-electron chi connectivity index (χ0n) is 18.3. The van der Waals surface area contributed by atoms with Crippen LogP contribution in [0.15, 0.2) is 74.4 Å². The molecule has 1 aromatic carbocycles. The molecule has 0 fully saturated rings. The fourth-order valence-corrected chi connectivity index (χ4v) is 1.11. The second-order valence-electron chi connectivity index (χ2n) is 5.44. The lowest BCUT2D eigenvalue weighted by Gasteiger charge is -1.99. The van der Waals surface area contributed by atoms with Crippen molar-refractivity contribution in [2.45, 2.75) is 27.2 Å². The van der Waals surface area contributed by atoms with Gasteiger partial charge in [-0.25, -0.2) is 9.59 Å². The lowest BCUT2D eigenvalue weighted by atomic mass is 10.2. The van der Waals surface area contributed by atoms with Crippen molar-refractivity contribution in [1.82, 2.24) is 0 Å². The highest BCUT2D eigenvalue weighted by molar-refractivity contribution is 5.87. The summed E-state index contributed by atoms with van der Waals surface area (Å²) >= 11 is 0. The SMILES string of the molecule is C=C(C)C(=O)OCCC.C=CC(=O)OCCO.C=CC(C)=O.C=Cc1ccccc1. The van der Waals surface area contributed by atoms with E-state index in [1.54, 1.807) is 6.92 Å². The minimum atomic E-state index is -0.501. The number of rotatable bonds is 8. The van der Waals surface area contributed by atoms with Gasteiger partial charge in [0.15, 0.2) is 5.78 Å². The number of benzene rings is 1. The fraction of sp³-hybridized carbons (Fsp3) is 0.292. The zero-order valence-corrected chi connectivity index (χ0v) is 18.3. The van der Waals surface area contributed by atoms with Crippen LogP contribution in [0.1, 0.15) is 32.8 Å². The molecule has 0 atom stereocenters. The summed E-state index contributed by atoms with van der Waals surface area (Å²) < 4.78 is 9.05. The Morgan fingerprint density at radius 1 is 0.967 bits per heavy atom. The van der Waals surface area contributed by atoms with E-state index in [0.717, 1.165) is 12.5 Å². The Labute approximate surface area is 180 Å². The summed E-state index contributed by atoms with van der Waals surface area (Å²) in [5, 5.41) is 8.10. The van der Waals surface area contributed by atoms with Gasteiger partial charge >= 0.3 is 11.9 Å². The summed E-state index contributed by atoms with van der Waals surface area (Å²) in [6.07, 6.45) is 5.02. The Kier molecular flexibility index (Phi) is 24.9. The monoisotopic (exact) mass is 418 g/mol. The molecule has 0 saturated heterocycles. The molecule has 0 aliphatic carbocycles. The number of carbonyl (C=O) groups excluding carboxylic acids is 3. The topological polar surface area (TPSA) is 89.9 Å². The lowest BCUT2D eigenvalue weighted by molar-refractivity contribution is -0.139. The molecule has 0 spiro atoms. The molecule has 0 unspecified atom stereocenters. The third-order valence-electron chi connectivity index (χ3n) is 2.61. The van der Waals surface area contributed by atoms with Crippen molar-refractivity contribution in [2.75, 3.05) is 19.8 Å². The number of hydrogen-bond donors (Lipinski definition) is 1. The first-order chi connectivity index (χ1) is 14.2. The summed E-state index contributed by atoms with van der Waals surface area (Å²) in [6.45, 7) is 18.9. The minimum absolute atomic E-state index is 0.0185. The van der Waals surface area contributed by atoms with Gasteiger partial charge < -0.3 is 14.6 Å². The van der Waals surface area contributed by atoms with Gasteiger partial charge in [-0.05, 0) is 31.9 Å². The first kappa shape index (κ1) is 31.4. The number of aliphatic hydroxyl groups excluding tert-OH is 1. The van der Waals surface area contributed by atoms with Crippen LogP contribution in [0.5, 0.6) is 0 Å². The summed E-state index contributed by atoms with van der Waals surface area (Å²) in [6, 6.07) is 10.0. The van der Waals surface area contributed by atoms with E-state index < -0.39 is 5.97 Å². The molecule has 0 aromatic heterocycles. The molecular formula is C24H34O6. The van der Waals surface area contributed by atoms with Crippen molar-refractivity contribution < 1.29 is 29.0 Å². The third kappa shape index (κ3) is 27.0. The maximum Gasteiger partial charge on any atom is 0.333 e. The van der Waals surface area contributed by atoms with Gasteiger partial charge in [0.1, 0.15) is 6.61 Å². The largest absolute Gasteiger partial charge is 0.462 e. The van der Waals surface area contributed by atoms with Crippen molar-refractivity contribution in [3.63, 3.8) is 0 Å². The molecule has 0 amide bonds. The van der Waals surface area contributed by atoms with E-state index in [9.17, 15) is 14.4 Å². The van der Waals surface area contributed by atoms with Crippen molar-refractivity contribution in [2.24, 2.45) is 0 Å². The van der Waals surface area contributed by atoms with Crippen LogP contribution in [0.3, 0.4) is 0 Å². The smallest absolute Gasteiger partial charge is 0.333 e. The first-order valence-corrected chi connectivity index (χ1v) is 9.23. The minimum Gasteiger partial charge on any atom is -0.462 e. The Morgan fingerprint density at radius 3 is 1.80 bits per heavy atom. The molecule has 1 rings (SSSR count). The van der Waals surface area contributed by atoms with Crippen LogP contribution < -0.4 is 0 Å². The third-order valence-corrected chi connectivity index (χ3v) is 2.61. The molecular weight excluding hydrogens is 384 g/mol. The van der Waals surface area contributed by atoms with Crippen LogP contribution in [0.4, 0.5) is 0 Å².